The Morgan fingerprint density at radius 1 is 1.13 bits per heavy atom. The lowest BCUT2D eigenvalue weighted by molar-refractivity contribution is -0.0434. The Hall–Kier alpha value is -0.540. The molecule has 1 aliphatic heterocycles. The first-order chi connectivity index (χ1) is 7.28. The maximum atomic E-state index is 2.51. The van der Waals surface area contributed by atoms with Crippen LogP contribution in [0.2, 0.25) is 0 Å². The highest BCUT2D eigenvalue weighted by Crippen LogP contribution is 2.15. The molecule has 0 saturated heterocycles. The maximum absolute atomic E-state index is 2.51. The van der Waals surface area contributed by atoms with E-state index in [2.05, 4.69) is 54.7 Å². The zero-order valence-electron chi connectivity index (χ0n) is 10.6. The van der Waals surface area contributed by atoms with Crippen molar-refractivity contribution in [2.24, 2.45) is 0 Å². The SMILES string of the molecule is CCN1C=CCN(CC)C1N(CC)CC. The molecule has 0 bridgehead atoms. The van der Waals surface area contributed by atoms with Crippen LogP contribution in [0.3, 0.4) is 0 Å². The van der Waals surface area contributed by atoms with Gasteiger partial charge in [-0.05, 0) is 32.8 Å². The molecule has 0 aromatic heterocycles. The van der Waals surface area contributed by atoms with Gasteiger partial charge in [-0.1, -0.05) is 26.8 Å². The molecule has 0 N–H and O–H groups in total. The highest BCUT2D eigenvalue weighted by Gasteiger charge is 2.27. The minimum atomic E-state index is 0.458. The largest absolute Gasteiger partial charge is 0.350 e. The number of likely N-dealkylation sites (N-methyl/N-ethyl adjacent to an activating group) is 1. The zero-order valence-corrected chi connectivity index (χ0v) is 10.6. The topological polar surface area (TPSA) is 9.72 Å². The molecule has 1 heterocycles. The number of rotatable bonds is 5. The molecule has 88 valence electrons. The molecule has 3 nitrogen and oxygen atoms in total. The third-order valence-corrected chi connectivity index (χ3v) is 3.17. The standard InChI is InChI=1S/C12H25N3/c1-5-13(6-2)12-14(7-3)10-9-11-15(12)8-4/h9-10,12H,5-8,11H2,1-4H3. The van der Waals surface area contributed by atoms with Gasteiger partial charge in [0.05, 0.1) is 0 Å². The summed E-state index contributed by atoms with van der Waals surface area (Å²) in [6, 6.07) is 0. The fourth-order valence-electron chi connectivity index (χ4n) is 2.25. The summed E-state index contributed by atoms with van der Waals surface area (Å²) in [6.45, 7) is 14.4. The van der Waals surface area contributed by atoms with Crippen molar-refractivity contribution >= 4 is 0 Å². The van der Waals surface area contributed by atoms with Crippen molar-refractivity contribution in [2.45, 2.75) is 34.0 Å². The van der Waals surface area contributed by atoms with Gasteiger partial charge < -0.3 is 4.90 Å². The summed E-state index contributed by atoms with van der Waals surface area (Å²) in [7, 11) is 0. The summed E-state index contributed by atoms with van der Waals surface area (Å²) in [5, 5.41) is 0. The van der Waals surface area contributed by atoms with Crippen molar-refractivity contribution in [3.8, 4) is 0 Å². The van der Waals surface area contributed by atoms with E-state index in [0.29, 0.717) is 6.29 Å². The third-order valence-electron chi connectivity index (χ3n) is 3.17. The van der Waals surface area contributed by atoms with E-state index in [9.17, 15) is 0 Å². The Morgan fingerprint density at radius 2 is 1.80 bits per heavy atom. The molecular formula is C12H25N3. The van der Waals surface area contributed by atoms with Crippen molar-refractivity contribution < 1.29 is 0 Å². The van der Waals surface area contributed by atoms with Crippen LogP contribution in [0.25, 0.3) is 0 Å². The summed E-state index contributed by atoms with van der Waals surface area (Å²) in [4.78, 5) is 7.44. The van der Waals surface area contributed by atoms with E-state index in [1.807, 2.05) is 0 Å². The molecule has 0 spiro atoms. The smallest absolute Gasteiger partial charge is 0.139 e. The van der Waals surface area contributed by atoms with Crippen molar-refractivity contribution in [1.82, 2.24) is 14.7 Å². The molecule has 0 amide bonds. The summed E-state index contributed by atoms with van der Waals surface area (Å²) in [5.41, 5.74) is 0. The van der Waals surface area contributed by atoms with Crippen LogP contribution in [-0.2, 0) is 0 Å². The van der Waals surface area contributed by atoms with Gasteiger partial charge in [-0.25, -0.2) is 0 Å². The molecule has 0 aromatic rings. The van der Waals surface area contributed by atoms with Gasteiger partial charge in [0.2, 0.25) is 0 Å². The Kier molecular flexibility index (Phi) is 5.12. The van der Waals surface area contributed by atoms with Crippen LogP contribution in [0.4, 0.5) is 0 Å². The molecule has 0 aromatic carbocycles. The molecule has 0 radical (unpaired) electrons. The lowest BCUT2D eigenvalue weighted by Crippen LogP contribution is -2.58. The van der Waals surface area contributed by atoms with Crippen molar-refractivity contribution in [2.75, 3.05) is 32.7 Å². The number of hydrogen-bond donors (Lipinski definition) is 0. The average molecular weight is 211 g/mol. The lowest BCUT2D eigenvalue weighted by atomic mass is 10.3. The minimum absolute atomic E-state index is 0.458. The molecule has 1 atom stereocenters. The van der Waals surface area contributed by atoms with Crippen LogP contribution in [0, 0.1) is 0 Å². The minimum Gasteiger partial charge on any atom is -0.350 e. The summed E-state index contributed by atoms with van der Waals surface area (Å²) in [5.74, 6) is 0. The first-order valence-corrected chi connectivity index (χ1v) is 6.18. The number of hydrogen-bond acceptors (Lipinski definition) is 3. The maximum Gasteiger partial charge on any atom is 0.139 e. The van der Waals surface area contributed by atoms with Gasteiger partial charge in [0.1, 0.15) is 6.29 Å². The average Bonchev–Trinajstić information content (AvgIpc) is 2.30. The van der Waals surface area contributed by atoms with Crippen LogP contribution in [0.1, 0.15) is 27.7 Å². The monoisotopic (exact) mass is 211 g/mol. The van der Waals surface area contributed by atoms with E-state index in [-0.39, 0.29) is 0 Å². The van der Waals surface area contributed by atoms with Gasteiger partial charge in [-0.3, -0.25) is 9.80 Å². The predicted molar refractivity (Wildman–Crippen MR) is 65.5 cm³/mol. The third kappa shape index (κ3) is 2.73. The highest BCUT2D eigenvalue weighted by atomic mass is 15.5. The van der Waals surface area contributed by atoms with Gasteiger partial charge in [-0.15, -0.1) is 0 Å². The Labute approximate surface area is 94.3 Å². The van der Waals surface area contributed by atoms with Crippen LogP contribution >= 0.6 is 0 Å². The van der Waals surface area contributed by atoms with Gasteiger partial charge in [0.15, 0.2) is 0 Å². The molecule has 0 saturated carbocycles. The van der Waals surface area contributed by atoms with E-state index in [1.54, 1.807) is 0 Å². The normalized spacial score (nSPS) is 22.7. The summed E-state index contributed by atoms with van der Waals surface area (Å²) in [6.07, 6.45) is 4.96. The molecule has 15 heavy (non-hydrogen) atoms. The molecule has 0 aliphatic carbocycles. The van der Waals surface area contributed by atoms with Crippen LogP contribution in [0.5, 0.6) is 0 Å². The molecule has 3 heteroatoms. The van der Waals surface area contributed by atoms with E-state index in [0.717, 1.165) is 32.7 Å². The fourth-order valence-corrected chi connectivity index (χ4v) is 2.25. The second-order valence-electron chi connectivity index (χ2n) is 3.87. The second-order valence-corrected chi connectivity index (χ2v) is 3.87. The van der Waals surface area contributed by atoms with Crippen molar-refractivity contribution in [1.29, 1.82) is 0 Å². The van der Waals surface area contributed by atoms with E-state index < -0.39 is 0 Å². The van der Waals surface area contributed by atoms with Crippen LogP contribution in [0.15, 0.2) is 12.3 Å². The Bertz CT molecular complexity index is 199. The second kappa shape index (κ2) is 6.13. The zero-order chi connectivity index (χ0) is 11.3. The Balaban J connectivity index is 2.80. The van der Waals surface area contributed by atoms with Crippen molar-refractivity contribution in [3.63, 3.8) is 0 Å². The van der Waals surface area contributed by atoms with Gasteiger partial charge in [0.25, 0.3) is 0 Å². The van der Waals surface area contributed by atoms with E-state index in [4.69, 9.17) is 0 Å². The predicted octanol–water partition coefficient (Wildman–Crippen LogP) is 1.78. The Morgan fingerprint density at radius 3 is 2.27 bits per heavy atom. The van der Waals surface area contributed by atoms with E-state index in [1.165, 1.54) is 0 Å². The number of nitrogens with zero attached hydrogens (tertiary/aromatic N) is 3. The van der Waals surface area contributed by atoms with Gasteiger partial charge in [0, 0.05) is 13.1 Å². The molecule has 1 unspecified atom stereocenters. The van der Waals surface area contributed by atoms with Gasteiger partial charge >= 0.3 is 0 Å². The van der Waals surface area contributed by atoms with Gasteiger partial charge in [-0.2, -0.15) is 0 Å². The molecular weight excluding hydrogens is 186 g/mol. The van der Waals surface area contributed by atoms with E-state index >= 15 is 0 Å². The van der Waals surface area contributed by atoms with Crippen LogP contribution in [-0.4, -0.2) is 53.7 Å². The molecule has 0 fully saturated rings. The van der Waals surface area contributed by atoms with Crippen molar-refractivity contribution in [3.05, 3.63) is 12.3 Å². The summed E-state index contributed by atoms with van der Waals surface area (Å²) < 4.78 is 0. The van der Waals surface area contributed by atoms with Crippen LogP contribution < -0.4 is 0 Å². The summed E-state index contributed by atoms with van der Waals surface area (Å²) >= 11 is 0. The first-order valence-electron chi connectivity index (χ1n) is 6.18. The fraction of sp³-hybridized carbons (Fsp3) is 0.833. The highest BCUT2D eigenvalue weighted by molar-refractivity contribution is 4.94. The first kappa shape index (κ1) is 12.5. The quantitative estimate of drug-likeness (QED) is 0.686. The molecule has 1 rings (SSSR count). The molecule has 1 aliphatic rings. The lowest BCUT2D eigenvalue weighted by Gasteiger charge is -2.46.